The highest BCUT2D eigenvalue weighted by atomic mass is 35.5. The number of aliphatic imine (C=N–C) groups is 1. The number of hydrogen-bond acceptors (Lipinski definition) is 7. The summed E-state index contributed by atoms with van der Waals surface area (Å²) in [5.74, 6) is -0.402. The van der Waals surface area contributed by atoms with E-state index >= 15 is 0 Å². The van der Waals surface area contributed by atoms with Crippen molar-refractivity contribution in [2.45, 2.75) is 43.0 Å². The van der Waals surface area contributed by atoms with Crippen molar-refractivity contribution in [3.05, 3.63) is 12.4 Å². The predicted octanol–water partition coefficient (Wildman–Crippen LogP) is 0.584. The van der Waals surface area contributed by atoms with E-state index in [2.05, 4.69) is 20.1 Å². The van der Waals surface area contributed by atoms with Gasteiger partial charge < -0.3 is 15.0 Å². The zero-order valence-corrected chi connectivity index (χ0v) is 17.3. The summed E-state index contributed by atoms with van der Waals surface area (Å²) in [6.45, 7) is 5.14. The number of ether oxygens (including phenoxy) is 1. The van der Waals surface area contributed by atoms with Crippen LogP contribution < -0.4 is 5.32 Å². The molecule has 5 unspecified atom stereocenters. The fourth-order valence-corrected chi connectivity index (χ4v) is 5.73. The molecule has 0 aromatic carbocycles. The summed E-state index contributed by atoms with van der Waals surface area (Å²) in [5, 5.41) is 2.44. The molecule has 5 rings (SSSR count). The van der Waals surface area contributed by atoms with Crippen LogP contribution in [0.15, 0.2) is 17.4 Å². The number of alkyl halides is 1. The number of amides is 2. The van der Waals surface area contributed by atoms with Crippen LogP contribution in [0.3, 0.4) is 0 Å². The molecule has 5 aliphatic heterocycles. The summed E-state index contributed by atoms with van der Waals surface area (Å²) >= 11 is 6.61. The molecule has 1 N–H and O–H groups in total. The predicted molar refractivity (Wildman–Crippen MR) is 108 cm³/mol. The molecule has 0 saturated carbocycles. The summed E-state index contributed by atoms with van der Waals surface area (Å²) in [6, 6.07) is 0. The Bertz CT molecular complexity index is 710. The monoisotopic (exact) mass is 421 g/mol. The number of halogens is 1. The van der Waals surface area contributed by atoms with Gasteiger partial charge in [-0.15, -0.1) is 0 Å². The molecule has 0 aromatic rings. The SMILES string of the molecule is O=C1C2C3CCC(O3)C2C(=O)N1CCCCN1CCN(C2(Cl)C=NC=CN2)CC1. The molecule has 5 atom stereocenters. The van der Waals surface area contributed by atoms with Crippen molar-refractivity contribution in [3.8, 4) is 0 Å². The molecule has 5 aliphatic rings. The summed E-state index contributed by atoms with van der Waals surface area (Å²) in [4.78, 5) is 35.6. The third-order valence-electron chi connectivity index (χ3n) is 7.01. The van der Waals surface area contributed by atoms with Gasteiger partial charge in [0, 0.05) is 45.1 Å². The Morgan fingerprint density at radius 2 is 1.72 bits per heavy atom. The van der Waals surface area contributed by atoms with Gasteiger partial charge in [-0.2, -0.15) is 0 Å². The first kappa shape index (κ1) is 19.5. The number of unbranched alkanes of at least 4 members (excludes halogenated alkanes) is 1. The van der Waals surface area contributed by atoms with Gasteiger partial charge in [0.15, 0.2) is 0 Å². The Morgan fingerprint density at radius 3 is 2.34 bits per heavy atom. The van der Waals surface area contributed by atoms with Gasteiger partial charge in [-0.3, -0.25) is 24.4 Å². The highest BCUT2D eigenvalue weighted by Gasteiger charge is 2.62. The van der Waals surface area contributed by atoms with Crippen LogP contribution in [0.1, 0.15) is 25.7 Å². The molecule has 29 heavy (non-hydrogen) atoms. The van der Waals surface area contributed by atoms with E-state index in [9.17, 15) is 9.59 Å². The molecular weight excluding hydrogens is 394 g/mol. The molecule has 0 aromatic heterocycles. The van der Waals surface area contributed by atoms with Gasteiger partial charge in [0.2, 0.25) is 16.9 Å². The first-order valence-corrected chi connectivity index (χ1v) is 11.1. The maximum Gasteiger partial charge on any atom is 0.235 e. The van der Waals surface area contributed by atoms with E-state index in [1.807, 2.05) is 0 Å². The van der Waals surface area contributed by atoms with Crippen molar-refractivity contribution in [1.29, 1.82) is 0 Å². The van der Waals surface area contributed by atoms with E-state index in [1.165, 1.54) is 4.90 Å². The Morgan fingerprint density at radius 1 is 1.07 bits per heavy atom. The van der Waals surface area contributed by atoms with Gasteiger partial charge >= 0.3 is 0 Å². The van der Waals surface area contributed by atoms with Gasteiger partial charge in [-0.05, 0) is 32.2 Å². The van der Waals surface area contributed by atoms with Crippen LogP contribution >= 0.6 is 11.6 Å². The smallest absolute Gasteiger partial charge is 0.235 e. The molecule has 4 saturated heterocycles. The van der Waals surface area contributed by atoms with Gasteiger partial charge in [0.1, 0.15) is 0 Å². The summed E-state index contributed by atoms with van der Waals surface area (Å²) < 4.78 is 5.79. The molecule has 9 heteroatoms. The molecule has 0 aliphatic carbocycles. The third-order valence-corrected chi connectivity index (χ3v) is 7.45. The fraction of sp³-hybridized carbons (Fsp3) is 0.750. The van der Waals surface area contributed by atoms with Gasteiger partial charge in [-0.1, -0.05) is 11.6 Å². The zero-order valence-electron chi connectivity index (χ0n) is 16.5. The number of carbonyl (C=O) groups is 2. The number of likely N-dealkylation sites (tertiary alicyclic amines) is 1. The molecule has 5 heterocycles. The molecule has 2 bridgehead atoms. The molecule has 0 spiro atoms. The first-order valence-electron chi connectivity index (χ1n) is 10.7. The maximum atomic E-state index is 12.7. The van der Waals surface area contributed by atoms with E-state index in [-0.39, 0.29) is 35.9 Å². The van der Waals surface area contributed by atoms with Crippen LogP contribution in [-0.4, -0.2) is 89.3 Å². The van der Waals surface area contributed by atoms with Gasteiger partial charge in [0.25, 0.3) is 0 Å². The lowest BCUT2D eigenvalue weighted by Crippen LogP contribution is -2.61. The molecule has 158 valence electrons. The minimum absolute atomic E-state index is 0.00363. The number of nitrogens with zero attached hydrogens (tertiary/aromatic N) is 4. The topological polar surface area (TPSA) is 77.5 Å². The second kappa shape index (κ2) is 7.65. The van der Waals surface area contributed by atoms with Crippen molar-refractivity contribution >= 4 is 29.6 Å². The number of rotatable bonds is 6. The van der Waals surface area contributed by atoms with Crippen LogP contribution in [0.25, 0.3) is 0 Å². The number of piperazine rings is 1. The number of nitrogens with one attached hydrogen (secondary N) is 1. The van der Waals surface area contributed by atoms with Crippen LogP contribution in [0, 0.1) is 11.8 Å². The zero-order chi connectivity index (χ0) is 20.0. The standard InChI is InChI=1S/C20H28ClN5O3/c21-20(13-22-5-6-23-20)25-11-9-24(10-12-25)7-1-2-8-26-18(27)16-14-3-4-15(29-14)17(16)19(26)28/h5-6,13-17,23H,1-4,7-12H2. The molecule has 4 fully saturated rings. The molecular formula is C20H28ClN5O3. The lowest BCUT2D eigenvalue weighted by Gasteiger charge is -2.42. The van der Waals surface area contributed by atoms with E-state index in [0.717, 1.165) is 58.4 Å². The number of hydrogen-bond donors (Lipinski definition) is 1. The summed E-state index contributed by atoms with van der Waals surface area (Å²) in [6.07, 6.45) is 8.83. The number of imide groups is 1. The van der Waals surface area contributed by atoms with Crippen molar-refractivity contribution in [2.24, 2.45) is 16.8 Å². The number of fused-ring (bicyclic) bond motifs is 5. The minimum Gasteiger partial charge on any atom is -0.373 e. The third kappa shape index (κ3) is 3.40. The van der Waals surface area contributed by atoms with Gasteiger partial charge in [-0.25, -0.2) is 0 Å². The minimum atomic E-state index is -0.724. The van der Waals surface area contributed by atoms with Crippen LogP contribution in [0.5, 0.6) is 0 Å². The second-order valence-corrected chi connectivity index (χ2v) is 9.19. The Balaban J connectivity index is 1.04. The van der Waals surface area contributed by atoms with E-state index in [4.69, 9.17) is 16.3 Å². The Labute approximate surface area is 175 Å². The second-order valence-electron chi connectivity index (χ2n) is 8.62. The lowest BCUT2D eigenvalue weighted by atomic mass is 9.81. The molecule has 8 nitrogen and oxygen atoms in total. The quantitative estimate of drug-likeness (QED) is 0.293. The average molecular weight is 422 g/mol. The van der Waals surface area contributed by atoms with Crippen LogP contribution in [-0.2, 0) is 14.3 Å². The van der Waals surface area contributed by atoms with Crippen molar-refractivity contribution in [1.82, 2.24) is 20.0 Å². The van der Waals surface area contributed by atoms with Crippen LogP contribution in [0.2, 0.25) is 0 Å². The lowest BCUT2D eigenvalue weighted by molar-refractivity contribution is -0.142. The first-order chi connectivity index (χ1) is 14.1. The van der Waals surface area contributed by atoms with E-state index < -0.39 is 5.12 Å². The van der Waals surface area contributed by atoms with Gasteiger partial charge in [0.05, 0.1) is 30.3 Å². The maximum absolute atomic E-state index is 12.7. The normalized spacial score (nSPS) is 39.4. The Kier molecular flexibility index (Phi) is 5.14. The van der Waals surface area contributed by atoms with Crippen molar-refractivity contribution < 1.29 is 14.3 Å². The Hall–Kier alpha value is -1.48. The highest BCUT2D eigenvalue weighted by molar-refractivity contribution is 6.31. The van der Waals surface area contributed by atoms with Crippen molar-refractivity contribution in [3.63, 3.8) is 0 Å². The van der Waals surface area contributed by atoms with Crippen LogP contribution in [0.4, 0.5) is 0 Å². The molecule has 2 amide bonds. The fourth-order valence-electron chi connectivity index (χ4n) is 5.45. The summed E-state index contributed by atoms with van der Waals surface area (Å²) in [7, 11) is 0. The van der Waals surface area contributed by atoms with E-state index in [0.29, 0.717) is 6.54 Å². The largest absolute Gasteiger partial charge is 0.373 e. The molecule has 0 radical (unpaired) electrons. The van der Waals surface area contributed by atoms with E-state index in [1.54, 1.807) is 18.6 Å². The summed E-state index contributed by atoms with van der Waals surface area (Å²) in [5.41, 5.74) is 0. The number of carbonyl (C=O) groups excluding carboxylic acids is 2. The van der Waals surface area contributed by atoms with Crippen molar-refractivity contribution in [2.75, 3.05) is 39.3 Å². The average Bonchev–Trinajstić information content (AvgIpc) is 3.41. The highest BCUT2D eigenvalue weighted by Crippen LogP contribution is 2.48.